The van der Waals surface area contributed by atoms with Crippen molar-refractivity contribution in [3.63, 3.8) is 0 Å². The van der Waals surface area contributed by atoms with Gasteiger partial charge in [-0.3, -0.25) is 4.79 Å². The van der Waals surface area contributed by atoms with Gasteiger partial charge in [0.2, 0.25) is 5.78 Å². The Morgan fingerprint density at radius 1 is 1.22 bits per heavy atom. The number of esters is 1. The minimum absolute atomic E-state index is 0.339. The van der Waals surface area contributed by atoms with Crippen molar-refractivity contribution < 1.29 is 19.1 Å². The molecule has 0 radical (unpaired) electrons. The van der Waals surface area contributed by atoms with Crippen LogP contribution in [0.3, 0.4) is 0 Å². The molecule has 0 N–H and O–H groups in total. The van der Waals surface area contributed by atoms with Crippen LogP contribution in [-0.2, 0) is 9.53 Å². The lowest BCUT2D eigenvalue weighted by molar-refractivity contribution is -0.145. The van der Waals surface area contributed by atoms with Crippen molar-refractivity contribution in [2.75, 3.05) is 7.11 Å². The van der Waals surface area contributed by atoms with Gasteiger partial charge >= 0.3 is 5.97 Å². The average molecular weight is 242 g/mol. The SMILES string of the molecule is COC(=O)C1Oc2ccc3ccccc3c2C1=O. The van der Waals surface area contributed by atoms with Crippen LogP contribution in [0, 0.1) is 0 Å². The predicted octanol–water partition coefficient (Wildman–Crippen LogP) is 1.96. The largest absolute Gasteiger partial charge is 0.470 e. The number of methoxy groups -OCH3 is 1. The van der Waals surface area contributed by atoms with E-state index in [-0.39, 0.29) is 5.78 Å². The van der Waals surface area contributed by atoms with Crippen molar-refractivity contribution >= 4 is 22.5 Å². The molecule has 4 nitrogen and oxygen atoms in total. The van der Waals surface area contributed by atoms with Crippen LogP contribution in [-0.4, -0.2) is 25.0 Å². The van der Waals surface area contributed by atoms with Crippen molar-refractivity contribution in [1.82, 2.24) is 0 Å². The number of ether oxygens (including phenoxy) is 2. The van der Waals surface area contributed by atoms with Crippen LogP contribution in [0.25, 0.3) is 10.8 Å². The molecule has 1 heterocycles. The summed E-state index contributed by atoms with van der Waals surface area (Å²) in [6.45, 7) is 0. The van der Waals surface area contributed by atoms with Gasteiger partial charge < -0.3 is 9.47 Å². The summed E-state index contributed by atoms with van der Waals surface area (Å²) in [4.78, 5) is 23.6. The fourth-order valence-corrected chi connectivity index (χ4v) is 2.18. The lowest BCUT2D eigenvalue weighted by Crippen LogP contribution is -2.31. The monoisotopic (exact) mass is 242 g/mol. The van der Waals surface area contributed by atoms with E-state index in [1.807, 2.05) is 30.3 Å². The van der Waals surface area contributed by atoms with E-state index in [1.165, 1.54) is 7.11 Å². The van der Waals surface area contributed by atoms with Crippen LogP contribution in [0.2, 0.25) is 0 Å². The van der Waals surface area contributed by atoms with Crippen LogP contribution in [0.4, 0.5) is 0 Å². The molecule has 1 aliphatic heterocycles. The normalized spacial score (nSPS) is 17.4. The number of hydrogen-bond acceptors (Lipinski definition) is 4. The maximum atomic E-state index is 12.2. The number of ketones is 1. The van der Waals surface area contributed by atoms with Crippen molar-refractivity contribution in [2.24, 2.45) is 0 Å². The van der Waals surface area contributed by atoms with Crippen LogP contribution < -0.4 is 4.74 Å². The van der Waals surface area contributed by atoms with Crippen LogP contribution in [0.5, 0.6) is 5.75 Å². The maximum absolute atomic E-state index is 12.2. The summed E-state index contributed by atoms with van der Waals surface area (Å²) in [5, 5.41) is 1.74. The number of hydrogen-bond donors (Lipinski definition) is 0. The lowest BCUT2D eigenvalue weighted by Gasteiger charge is -2.05. The minimum atomic E-state index is -1.17. The summed E-state index contributed by atoms with van der Waals surface area (Å²) in [7, 11) is 1.24. The number of fused-ring (bicyclic) bond motifs is 3. The molecule has 2 aromatic carbocycles. The molecule has 3 rings (SSSR count). The Morgan fingerprint density at radius 2 is 2.00 bits per heavy atom. The maximum Gasteiger partial charge on any atom is 0.355 e. The van der Waals surface area contributed by atoms with E-state index in [2.05, 4.69) is 4.74 Å². The number of benzene rings is 2. The minimum Gasteiger partial charge on any atom is -0.470 e. The first-order valence-corrected chi connectivity index (χ1v) is 5.53. The highest BCUT2D eigenvalue weighted by atomic mass is 16.6. The second kappa shape index (κ2) is 3.84. The molecule has 0 saturated heterocycles. The quantitative estimate of drug-likeness (QED) is 0.566. The third-order valence-electron chi connectivity index (χ3n) is 3.04. The summed E-state index contributed by atoms with van der Waals surface area (Å²) in [6.07, 6.45) is -1.17. The molecule has 4 heteroatoms. The standard InChI is InChI=1S/C14H10O4/c1-17-14(16)13-12(15)11-9-5-3-2-4-8(9)6-7-10(11)18-13/h2-7,13H,1H3. The Hall–Kier alpha value is -2.36. The Kier molecular flexibility index (Phi) is 2.30. The molecule has 1 aliphatic rings. The molecule has 0 bridgehead atoms. The van der Waals surface area contributed by atoms with Gasteiger partial charge in [-0.2, -0.15) is 0 Å². The van der Waals surface area contributed by atoms with Gasteiger partial charge in [0.25, 0.3) is 6.10 Å². The molecule has 0 fully saturated rings. The van der Waals surface area contributed by atoms with E-state index in [4.69, 9.17) is 4.74 Å². The highest BCUT2D eigenvalue weighted by molar-refractivity contribution is 6.21. The second-order valence-electron chi connectivity index (χ2n) is 4.05. The number of carbonyl (C=O) groups excluding carboxylic acids is 2. The van der Waals surface area contributed by atoms with Crippen LogP contribution in [0.1, 0.15) is 10.4 Å². The molecule has 90 valence electrons. The highest BCUT2D eigenvalue weighted by Gasteiger charge is 2.39. The number of carbonyl (C=O) groups is 2. The molecule has 0 amide bonds. The van der Waals surface area contributed by atoms with E-state index in [0.717, 1.165) is 10.8 Å². The smallest absolute Gasteiger partial charge is 0.355 e. The van der Waals surface area contributed by atoms with Crippen molar-refractivity contribution in [2.45, 2.75) is 6.10 Å². The van der Waals surface area contributed by atoms with Gasteiger partial charge in [0.1, 0.15) is 5.75 Å². The van der Waals surface area contributed by atoms with E-state index in [1.54, 1.807) is 6.07 Å². The Bertz CT molecular complexity index is 660. The average Bonchev–Trinajstić information content (AvgIpc) is 2.76. The van der Waals surface area contributed by atoms with Gasteiger partial charge in [0.15, 0.2) is 0 Å². The van der Waals surface area contributed by atoms with E-state index in [0.29, 0.717) is 11.3 Å². The molecule has 18 heavy (non-hydrogen) atoms. The van der Waals surface area contributed by atoms with Crippen LogP contribution >= 0.6 is 0 Å². The third-order valence-corrected chi connectivity index (χ3v) is 3.04. The zero-order valence-corrected chi connectivity index (χ0v) is 9.67. The van der Waals surface area contributed by atoms with E-state index in [9.17, 15) is 9.59 Å². The lowest BCUT2D eigenvalue weighted by atomic mass is 10.00. The predicted molar refractivity (Wildman–Crippen MR) is 64.7 cm³/mol. The topological polar surface area (TPSA) is 52.6 Å². The fraction of sp³-hybridized carbons (Fsp3) is 0.143. The molecule has 2 aromatic rings. The Labute approximate surface area is 103 Å². The molecule has 0 spiro atoms. The van der Waals surface area contributed by atoms with Gasteiger partial charge in [-0.1, -0.05) is 30.3 Å². The first kappa shape index (κ1) is 10.8. The van der Waals surface area contributed by atoms with Crippen molar-refractivity contribution in [3.8, 4) is 5.75 Å². The summed E-state index contributed by atoms with van der Waals surface area (Å²) in [6, 6.07) is 11.1. The zero-order chi connectivity index (χ0) is 12.7. The van der Waals surface area contributed by atoms with Crippen molar-refractivity contribution in [3.05, 3.63) is 42.0 Å². The van der Waals surface area contributed by atoms with E-state index < -0.39 is 12.1 Å². The number of Topliss-reactive ketones (excluding diaryl/α,β-unsaturated/α-hetero) is 1. The first-order chi connectivity index (χ1) is 8.72. The van der Waals surface area contributed by atoms with Gasteiger partial charge in [-0.25, -0.2) is 4.79 Å². The summed E-state index contributed by atoms with van der Waals surface area (Å²) < 4.78 is 9.92. The van der Waals surface area contributed by atoms with Gasteiger partial charge in [0, 0.05) is 0 Å². The highest BCUT2D eigenvalue weighted by Crippen LogP contribution is 2.35. The Balaban J connectivity index is 2.19. The fourth-order valence-electron chi connectivity index (χ4n) is 2.18. The second-order valence-corrected chi connectivity index (χ2v) is 4.05. The summed E-state index contributed by atoms with van der Waals surface area (Å²) in [5.74, 6) is -0.567. The molecule has 0 saturated carbocycles. The molecule has 0 aromatic heterocycles. The summed E-state index contributed by atoms with van der Waals surface area (Å²) in [5.41, 5.74) is 0.462. The van der Waals surface area contributed by atoms with Crippen LogP contribution in [0.15, 0.2) is 36.4 Å². The Morgan fingerprint density at radius 3 is 2.78 bits per heavy atom. The van der Waals surface area contributed by atoms with Gasteiger partial charge in [-0.05, 0) is 16.8 Å². The molecular formula is C14H10O4. The molecule has 1 unspecified atom stereocenters. The third kappa shape index (κ3) is 1.39. The summed E-state index contributed by atoms with van der Waals surface area (Å²) >= 11 is 0. The first-order valence-electron chi connectivity index (χ1n) is 5.53. The van der Waals surface area contributed by atoms with E-state index >= 15 is 0 Å². The molecule has 0 aliphatic carbocycles. The molecule has 1 atom stereocenters. The van der Waals surface area contributed by atoms with Gasteiger partial charge in [-0.15, -0.1) is 0 Å². The van der Waals surface area contributed by atoms with Gasteiger partial charge in [0.05, 0.1) is 12.7 Å². The van der Waals surface area contributed by atoms with Crippen molar-refractivity contribution in [1.29, 1.82) is 0 Å². The number of rotatable bonds is 1. The zero-order valence-electron chi connectivity index (χ0n) is 9.67. The molecular weight excluding hydrogens is 232 g/mol.